The number of aromatic nitrogens is 2. The summed E-state index contributed by atoms with van der Waals surface area (Å²) in [4.78, 5) is 17.4. The summed E-state index contributed by atoms with van der Waals surface area (Å²) in [5.74, 6) is 0. The molecule has 98 valence electrons. The highest BCUT2D eigenvalue weighted by Crippen LogP contribution is 2.23. The molecular formula is C10H7N3O3S3. The van der Waals surface area contributed by atoms with Crippen LogP contribution in [0, 0.1) is 0 Å². The molecule has 2 aromatic heterocycles. The van der Waals surface area contributed by atoms with E-state index in [4.69, 9.17) is 0 Å². The van der Waals surface area contributed by atoms with Gasteiger partial charge in [0.1, 0.15) is 0 Å². The van der Waals surface area contributed by atoms with Gasteiger partial charge in [0.05, 0.1) is 27.6 Å². The zero-order valence-electron chi connectivity index (χ0n) is 9.28. The van der Waals surface area contributed by atoms with Gasteiger partial charge < -0.3 is 4.98 Å². The van der Waals surface area contributed by atoms with E-state index in [9.17, 15) is 13.2 Å². The molecule has 9 heteroatoms. The number of sulfonamides is 1. The van der Waals surface area contributed by atoms with Crippen molar-refractivity contribution in [1.82, 2.24) is 9.97 Å². The minimum Gasteiger partial charge on any atom is -0.312 e. The van der Waals surface area contributed by atoms with Crippen LogP contribution in [0.3, 0.4) is 0 Å². The lowest BCUT2D eigenvalue weighted by atomic mass is 10.3. The van der Waals surface area contributed by atoms with Gasteiger partial charge in [0.15, 0.2) is 4.21 Å². The number of anilines is 1. The number of thiazole rings is 2. The number of nitrogens with zero attached hydrogens (tertiary/aromatic N) is 1. The molecule has 0 aliphatic rings. The second-order valence-corrected chi connectivity index (χ2v) is 7.46. The van der Waals surface area contributed by atoms with Gasteiger partial charge in [0.2, 0.25) is 0 Å². The summed E-state index contributed by atoms with van der Waals surface area (Å²) in [7, 11) is -3.61. The molecule has 0 fully saturated rings. The summed E-state index contributed by atoms with van der Waals surface area (Å²) in [5.41, 5.74) is 2.56. The summed E-state index contributed by atoms with van der Waals surface area (Å²) < 4.78 is 27.3. The molecule has 0 saturated carbocycles. The lowest BCUT2D eigenvalue weighted by molar-refractivity contribution is 0.603. The zero-order chi connectivity index (χ0) is 13.5. The Bertz CT molecular complexity index is 878. The molecule has 0 unspecified atom stereocenters. The van der Waals surface area contributed by atoms with Crippen LogP contribution in [0.15, 0.2) is 38.9 Å². The third kappa shape index (κ3) is 2.39. The Balaban J connectivity index is 1.99. The van der Waals surface area contributed by atoms with Crippen LogP contribution < -0.4 is 9.60 Å². The van der Waals surface area contributed by atoms with Crippen LogP contribution in [-0.4, -0.2) is 18.4 Å². The van der Waals surface area contributed by atoms with E-state index in [0.29, 0.717) is 15.9 Å². The highest BCUT2D eigenvalue weighted by molar-refractivity contribution is 7.94. The fourth-order valence-corrected chi connectivity index (χ4v) is 4.17. The Morgan fingerprint density at radius 1 is 1.32 bits per heavy atom. The molecule has 0 aliphatic carbocycles. The molecule has 3 aromatic rings. The van der Waals surface area contributed by atoms with Crippen molar-refractivity contribution in [3.63, 3.8) is 0 Å². The predicted octanol–water partition coefficient (Wildman–Crippen LogP) is 1.85. The minimum atomic E-state index is -3.61. The first-order chi connectivity index (χ1) is 9.04. The number of aromatic amines is 1. The minimum absolute atomic E-state index is 0.148. The molecule has 2 heterocycles. The number of rotatable bonds is 3. The standard InChI is InChI=1S/C10H7N3O3S3/c14-10-12-7-2-1-6(3-8(7)18-10)13-19(15,16)9-4-11-5-17-9/h1-5,13H,(H,12,14). The van der Waals surface area contributed by atoms with E-state index in [1.54, 1.807) is 18.2 Å². The average Bonchev–Trinajstić information content (AvgIpc) is 2.95. The number of hydrogen-bond donors (Lipinski definition) is 2. The quantitative estimate of drug-likeness (QED) is 0.772. The van der Waals surface area contributed by atoms with Crippen molar-refractivity contribution in [1.29, 1.82) is 0 Å². The third-order valence-electron chi connectivity index (χ3n) is 2.35. The fourth-order valence-electron chi connectivity index (χ4n) is 1.55. The lowest BCUT2D eigenvalue weighted by Crippen LogP contribution is -2.11. The highest BCUT2D eigenvalue weighted by atomic mass is 32.2. The van der Waals surface area contributed by atoms with E-state index < -0.39 is 10.0 Å². The molecule has 0 bridgehead atoms. The van der Waals surface area contributed by atoms with Gasteiger partial charge in [-0.2, -0.15) is 0 Å². The summed E-state index contributed by atoms with van der Waals surface area (Å²) >= 11 is 2.08. The Morgan fingerprint density at radius 3 is 2.89 bits per heavy atom. The van der Waals surface area contributed by atoms with Crippen molar-refractivity contribution in [2.45, 2.75) is 4.21 Å². The Labute approximate surface area is 115 Å². The monoisotopic (exact) mass is 313 g/mol. The van der Waals surface area contributed by atoms with Crippen LogP contribution in [0.4, 0.5) is 5.69 Å². The maximum atomic E-state index is 12.0. The van der Waals surface area contributed by atoms with Crippen molar-refractivity contribution in [3.8, 4) is 0 Å². The van der Waals surface area contributed by atoms with E-state index in [-0.39, 0.29) is 9.08 Å². The summed E-state index contributed by atoms with van der Waals surface area (Å²) in [6, 6.07) is 4.89. The molecule has 0 atom stereocenters. The summed E-state index contributed by atoms with van der Waals surface area (Å²) in [6.45, 7) is 0. The fraction of sp³-hybridized carbons (Fsp3) is 0. The van der Waals surface area contributed by atoms with Gasteiger partial charge in [-0.15, -0.1) is 11.3 Å². The highest BCUT2D eigenvalue weighted by Gasteiger charge is 2.16. The van der Waals surface area contributed by atoms with Gasteiger partial charge in [-0.05, 0) is 18.2 Å². The van der Waals surface area contributed by atoms with Gasteiger partial charge in [-0.1, -0.05) is 11.3 Å². The second kappa shape index (κ2) is 4.44. The van der Waals surface area contributed by atoms with Crippen molar-refractivity contribution in [2.24, 2.45) is 0 Å². The van der Waals surface area contributed by atoms with Crippen molar-refractivity contribution >= 4 is 48.6 Å². The van der Waals surface area contributed by atoms with E-state index in [1.807, 2.05) is 0 Å². The molecule has 6 nitrogen and oxygen atoms in total. The molecule has 0 spiro atoms. The Hall–Kier alpha value is -1.71. The number of nitrogens with one attached hydrogen (secondary N) is 2. The van der Waals surface area contributed by atoms with Crippen LogP contribution in [0.2, 0.25) is 0 Å². The van der Waals surface area contributed by atoms with Crippen LogP contribution in [0.25, 0.3) is 10.2 Å². The molecule has 1 aromatic carbocycles. The maximum Gasteiger partial charge on any atom is 0.305 e. The molecule has 3 rings (SSSR count). The van der Waals surface area contributed by atoms with E-state index in [1.165, 1.54) is 11.7 Å². The van der Waals surface area contributed by atoms with E-state index in [2.05, 4.69) is 14.7 Å². The van der Waals surface area contributed by atoms with Crippen molar-refractivity contribution < 1.29 is 8.42 Å². The second-order valence-electron chi connectivity index (χ2n) is 3.65. The van der Waals surface area contributed by atoms with Gasteiger partial charge in [0.25, 0.3) is 10.0 Å². The van der Waals surface area contributed by atoms with Gasteiger partial charge >= 0.3 is 4.87 Å². The SMILES string of the molecule is O=c1[nH]c2ccc(NS(=O)(=O)c3cncs3)cc2s1. The smallest absolute Gasteiger partial charge is 0.305 e. The van der Waals surface area contributed by atoms with Crippen molar-refractivity contribution in [2.75, 3.05) is 4.72 Å². The van der Waals surface area contributed by atoms with Crippen LogP contribution in [0.1, 0.15) is 0 Å². The summed E-state index contributed by atoms with van der Waals surface area (Å²) in [6.07, 6.45) is 1.29. The van der Waals surface area contributed by atoms with Crippen molar-refractivity contribution in [3.05, 3.63) is 39.6 Å². The molecule has 0 aliphatic heterocycles. The number of hydrogen-bond acceptors (Lipinski definition) is 6. The maximum absolute atomic E-state index is 12.0. The van der Waals surface area contributed by atoms with Crippen LogP contribution in [-0.2, 0) is 10.0 Å². The molecule has 0 saturated heterocycles. The van der Waals surface area contributed by atoms with Crippen LogP contribution >= 0.6 is 22.7 Å². The largest absolute Gasteiger partial charge is 0.312 e. The molecule has 0 amide bonds. The first kappa shape index (κ1) is 12.3. The van der Waals surface area contributed by atoms with Crippen LogP contribution in [0.5, 0.6) is 0 Å². The molecule has 2 N–H and O–H groups in total. The third-order valence-corrected chi connectivity index (χ3v) is 5.84. The van der Waals surface area contributed by atoms with Gasteiger partial charge in [-0.3, -0.25) is 14.5 Å². The molecule has 19 heavy (non-hydrogen) atoms. The zero-order valence-corrected chi connectivity index (χ0v) is 11.7. The molecule has 0 radical (unpaired) electrons. The van der Waals surface area contributed by atoms with E-state index >= 15 is 0 Å². The predicted molar refractivity (Wildman–Crippen MR) is 75.4 cm³/mol. The van der Waals surface area contributed by atoms with E-state index in [0.717, 1.165) is 22.7 Å². The normalized spacial score (nSPS) is 11.8. The Morgan fingerprint density at radius 2 is 2.16 bits per heavy atom. The van der Waals surface area contributed by atoms with Gasteiger partial charge in [0, 0.05) is 0 Å². The topological polar surface area (TPSA) is 91.9 Å². The molecular weight excluding hydrogens is 306 g/mol. The lowest BCUT2D eigenvalue weighted by Gasteiger charge is -2.05. The first-order valence-corrected chi connectivity index (χ1v) is 8.27. The average molecular weight is 313 g/mol. The van der Waals surface area contributed by atoms with Gasteiger partial charge in [-0.25, -0.2) is 8.42 Å². The number of fused-ring (bicyclic) bond motifs is 1. The Kier molecular flexibility index (Phi) is 2.88. The summed E-state index contributed by atoms with van der Waals surface area (Å²) in [5, 5.41) is 0. The number of H-pyrrole nitrogens is 1. The first-order valence-electron chi connectivity index (χ1n) is 5.09. The number of benzene rings is 1.